The minimum atomic E-state index is -0.913. The first kappa shape index (κ1) is 18.4. The largest absolute Gasteiger partial charge is 0.478 e. The molecule has 0 aromatic heterocycles. The van der Waals surface area contributed by atoms with Crippen molar-refractivity contribution in [3.63, 3.8) is 0 Å². The van der Waals surface area contributed by atoms with Crippen molar-refractivity contribution in [2.75, 3.05) is 26.2 Å². The number of nitrogens with two attached hydrogens (primary N) is 1. The molecule has 2 saturated heterocycles. The molecule has 0 unspecified atom stereocenters. The normalized spacial score (nSPS) is 20.3. The first-order valence-corrected chi connectivity index (χ1v) is 8.98. The Balaban J connectivity index is 1.55. The lowest BCUT2D eigenvalue weighted by Crippen LogP contribution is -2.53. The number of hydrogen-bond donors (Lipinski definition) is 2. The van der Waals surface area contributed by atoms with Gasteiger partial charge in [-0.05, 0) is 55.5 Å². The van der Waals surface area contributed by atoms with Crippen molar-refractivity contribution in [1.82, 2.24) is 9.80 Å². The molecule has 0 radical (unpaired) electrons. The van der Waals surface area contributed by atoms with Crippen LogP contribution >= 0.6 is 0 Å². The molecular weight excluding hydrogens is 334 g/mol. The van der Waals surface area contributed by atoms with Crippen LogP contribution in [0, 0.1) is 5.41 Å². The number of carbonyl (C=O) groups is 3. The third kappa shape index (κ3) is 4.22. The fraction of sp³-hybridized carbons (Fsp3) is 0.526. The Morgan fingerprint density at radius 2 is 1.77 bits per heavy atom. The maximum atomic E-state index is 12.0. The summed E-state index contributed by atoms with van der Waals surface area (Å²) in [6.07, 6.45) is 3.34. The fourth-order valence-corrected chi connectivity index (χ4v) is 4.04. The van der Waals surface area contributed by atoms with E-state index >= 15 is 0 Å². The van der Waals surface area contributed by atoms with Gasteiger partial charge >= 0.3 is 5.97 Å². The Labute approximate surface area is 152 Å². The van der Waals surface area contributed by atoms with Crippen LogP contribution < -0.4 is 5.73 Å². The number of nitrogens with zero attached hydrogens (tertiary/aromatic N) is 2. The highest BCUT2D eigenvalue weighted by atomic mass is 16.4. The molecule has 0 saturated carbocycles. The summed E-state index contributed by atoms with van der Waals surface area (Å²) in [5.74, 6) is -1.35. The summed E-state index contributed by atoms with van der Waals surface area (Å²) >= 11 is 0. The summed E-state index contributed by atoms with van der Waals surface area (Å²) in [4.78, 5) is 38.1. The van der Waals surface area contributed by atoms with Crippen LogP contribution in [0.4, 0.5) is 0 Å². The standard InChI is InChI=1S/C19H25N3O4/c20-16(23)12-22-13-19(6-5-17(22)24)7-9-21(10-8-19)11-14-1-3-15(4-2-14)18(25)26/h1-4H,5-13H2,(H2,20,23)(H,25,26). The number of aromatic carboxylic acids is 1. The summed E-state index contributed by atoms with van der Waals surface area (Å²) in [5, 5.41) is 8.97. The van der Waals surface area contributed by atoms with Crippen LogP contribution in [0.15, 0.2) is 24.3 Å². The topological polar surface area (TPSA) is 104 Å². The lowest BCUT2D eigenvalue weighted by Gasteiger charge is -2.47. The number of carboxylic acid groups (broad SMARTS) is 1. The quantitative estimate of drug-likeness (QED) is 0.818. The molecule has 140 valence electrons. The highest BCUT2D eigenvalue weighted by molar-refractivity contribution is 5.87. The van der Waals surface area contributed by atoms with Gasteiger partial charge in [-0.2, -0.15) is 0 Å². The molecule has 2 amide bonds. The second-order valence-electron chi connectivity index (χ2n) is 7.49. The van der Waals surface area contributed by atoms with E-state index in [4.69, 9.17) is 10.8 Å². The Hall–Kier alpha value is -2.41. The molecular formula is C19H25N3O4. The second-order valence-corrected chi connectivity index (χ2v) is 7.49. The van der Waals surface area contributed by atoms with E-state index in [9.17, 15) is 14.4 Å². The zero-order chi connectivity index (χ0) is 18.7. The summed E-state index contributed by atoms with van der Waals surface area (Å²) in [6, 6.07) is 7.00. The van der Waals surface area contributed by atoms with Crippen molar-refractivity contribution in [2.24, 2.45) is 11.1 Å². The Bertz CT molecular complexity index is 693. The SMILES string of the molecule is NC(=O)CN1CC2(CCC1=O)CCN(Cc1ccc(C(=O)O)cc1)CC2. The van der Waals surface area contributed by atoms with E-state index in [0.717, 1.165) is 44.5 Å². The number of hydrogen-bond acceptors (Lipinski definition) is 4. The van der Waals surface area contributed by atoms with Gasteiger partial charge in [-0.3, -0.25) is 14.5 Å². The van der Waals surface area contributed by atoms with Gasteiger partial charge in [-0.15, -0.1) is 0 Å². The third-order valence-corrected chi connectivity index (χ3v) is 5.62. The van der Waals surface area contributed by atoms with Crippen LogP contribution in [0.5, 0.6) is 0 Å². The minimum absolute atomic E-state index is 0.0141. The van der Waals surface area contributed by atoms with Crippen LogP contribution in [-0.4, -0.2) is 58.9 Å². The van der Waals surface area contributed by atoms with Crippen molar-refractivity contribution in [1.29, 1.82) is 0 Å². The number of benzene rings is 1. The van der Waals surface area contributed by atoms with Gasteiger partial charge in [0, 0.05) is 19.5 Å². The molecule has 2 aliphatic rings. The van der Waals surface area contributed by atoms with Gasteiger partial charge in [0.1, 0.15) is 0 Å². The minimum Gasteiger partial charge on any atom is -0.478 e. The molecule has 3 N–H and O–H groups in total. The van der Waals surface area contributed by atoms with Crippen LogP contribution in [0.25, 0.3) is 0 Å². The van der Waals surface area contributed by atoms with Crippen LogP contribution in [-0.2, 0) is 16.1 Å². The summed E-state index contributed by atoms with van der Waals surface area (Å²) in [7, 11) is 0. The summed E-state index contributed by atoms with van der Waals surface area (Å²) in [5.41, 5.74) is 6.75. The number of carbonyl (C=O) groups excluding carboxylic acids is 2. The lowest BCUT2D eigenvalue weighted by molar-refractivity contribution is -0.142. The maximum absolute atomic E-state index is 12.0. The highest BCUT2D eigenvalue weighted by Gasteiger charge is 2.41. The fourth-order valence-electron chi connectivity index (χ4n) is 4.04. The molecule has 7 nitrogen and oxygen atoms in total. The number of amides is 2. The molecule has 2 aliphatic heterocycles. The summed E-state index contributed by atoms with van der Waals surface area (Å²) < 4.78 is 0. The van der Waals surface area contributed by atoms with Crippen molar-refractivity contribution in [3.8, 4) is 0 Å². The predicted octanol–water partition coefficient (Wildman–Crippen LogP) is 1.07. The molecule has 1 aromatic rings. The number of piperidine rings is 2. The molecule has 1 spiro atoms. The van der Waals surface area contributed by atoms with Crippen LogP contribution in [0.3, 0.4) is 0 Å². The van der Waals surface area contributed by atoms with Crippen molar-refractivity contribution in [3.05, 3.63) is 35.4 Å². The van der Waals surface area contributed by atoms with Crippen molar-refractivity contribution >= 4 is 17.8 Å². The average Bonchev–Trinajstić information content (AvgIpc) is 2.60. The van der Waals surface area contributed by atoms with Crippen molar-refractivity contribution < 1.29 is 19.5 Å². The second kappa shape index (κ2) is 7.45. The van der Waals surface area contributed by atoms with Gasteiger partial charge in [-0.25, -0.2) is 4.79 Å². The molecule has 0 bridgehead atoms. The molecule has 7 heteroatoms. The van der Waals surface area contributed by atoms with Gasteiger partial charge in [0.2, 0.25) is 11.8 Å². The van der Waals surface area contributed by atoms with E-state index < -0.39 is 11.9 Å². The number of rotatable bonds is 5. The first-order chi connectivity index (χ1) is 12.4. The first-order valence-electron chi connectivity index (χ1n) is 8.98. The monoisotopic (exact) mass is 359 g/mol. The zero-order valence-electron chi connectivity index (χ0n) is 14.8. The van der Waals surface area contributed by atoms with E-state index in [-0.39, 0.29) is 17.9 Å². The van der Waals surface area contributed by atoms with Crippen LogP contribution in [0.2, 0.25) is 0 Å². The number of primary amides is 1. The van der Waals surface area contributed by atoms with Crippen molar-refractivity contribution in [2.45, 2.75) is 32.2 Å². The Morgan fingerprint density at radius 1 is 1.12 bits per heavy atom. The number of likely N-dealkylation sites (tertiary alicyclic amines) is 2. The Morgan fingerprint density at radius 3 is 2.35 bits per heavy atom. The van der Waals surface area contributed by atoms with Gasteiger partial charge in [0.25, 0.3) is 0 Å². The molecule has 1 aromatic carbocycles. The van der Waals surface area contributed by atoms with E-state index in [1.807, 2.05) is 12.1 Å². The van der Waals surface area contributed by atoms with Gasteiger partial charge in [0.05, 0.1) is 12.1 Å². The number of carboxylic acids is 1. The maximum Gasteiger partial charge on any atom is 0.335 e. The van der Waals surface area contributed by atoms with Crippen LogP contribution in [0.1, 0.15) is 41.6 Å². The highest BCUT2D eigenvalue weighted by Crippen LogP contribution is 2.40. The zero-order valence-corrected chi connectivity index (χ0v) is 14.8. The molecule has 3 rings (SSSR count). The average molecular weight is 359 g/mol. The Kier molecular flexibility index (Phi) is 5.27. The molecule has 0 atom stereocenters. The molecule has 2 fully saturated rings. The smallest absolute Gasteiger partial charge is 0.335 e. The third-order valence-electron chi connectivity index (χ3n) is 5.62. The molecule has 2 heterocycles. The van der Waals surface area contributed by atoms with Gasteiger partial charge < -0.3 is 15.7 Å². The van der Waals surface area contributed by atoms with Gasteiger partial charge in [-0.1, -0.05) is 12.1 Å². The molecule has 26 heavy (non-hydrogen) atoms. The van der Waals surface area contributed by atoms with E-state index in [1.165, 1.54) is 0 Å². The van der Waals surface area contributed by atoms with Gasteiger partial charge in [0.15, 0.2) is 0 Å². The lowest BCUT2D eigenvalue weighted by atomic mass is 9.72. The van der Waals surface area contributed by atoms with E-state index in [0.29, 0.717) is 18.5 Å². The van der Waals surface area contributed by atoms with E-state index in [1.54, 1.807) is 17.0 Å². The molecule has 0 aliphatic carbocycles. The summed E-state index contributed by atoms with van der Waals surface area (Å²) in [6.45, 7) is 3.29. The van der Waals surface area contributed by atoms with E-state index in [2.05, 4.69) is 4.90 Å². The predicted molar refractivity (Wildman–Crippen MR) is 95.4 cm³/mol.